The van der Waals surface area contributed by atoms with Crippen molar-refractivity contribution in [2.75, 3.05) is 20.2 Å². The van der Waals surface area contributed by atoms with Crippen LogP contribution in [0.25, 0.3) is 0 Å². The standard InChI is InChI=1S/C18H23N3O4S/c1-14-17(13-20(19-14)12-15-6-4-3-5-7-15)26(23,24)21-10-8-16(9-11-21)18(22)25-2/h3-7,13,16H,8-12H2,1-2H3. The lowest BCUT2D eigenvalue weighted by Crippen LogP contribution is -2.40. The molecule has 0 saturated carbocycles. The predicted molar refractivity (Wildman–Crippen MR) is 96.0 cm³/mol. The first kappa shape index (κ1) is 18.6. The number of benzene rings is 1. The molecule has 0 bridgehead atoms. The van der Waals surface area contributed by atoms with Gasteiger partial charge in [-0.25, -0.2) is 8.42 Å². The monoisotopic (exact) mass is 377 g/mol. The number of aryl methyl sites for hydroxylation is 1. The molecule has 0 atom stereocenters. The van der Waals surface area contributed by atoms with Crippen molar-refractivity contribution in [2.24, 2.45) is 5.92 Å². The van der Waals surface area contributed by atoms with E-state index in [0.717, 1.165) is 5.56 Å². The number of sulfonamides is 1. The van der Waals surface area contributed by atoms with Gasteiger partial charge in [-0.2, -0.15) is 9.40 Å². The summed E-state index contributed by atoms with van der Waals surface area (Å²) in [6.45, 7) is 2.84. The number of carbonyl (C=O) groups is 1. The number of aromatic nitrogens is 2. The Morgan fingerprint density at radius 2 is 1.88 bits per heavy atom. The highest BCUT2D eigenvalue weighted by atomic mass is 32.2. The van der Waals surface area contributed by atoms with Crippen molar-refractivity contribution in [1.82, 2.24) is 14.1 Å². The fourth-order valence-electron chi connectivity index (χ4n) is 3.24. The Morgan fingerprint density at radius 3 is 2.50 bits per heavy atom. The van der Waals surface area contributed by atoms with Gasteiger partial charge in [0.1, 0.15) is 4.90 Å². The van der Waals surface area contributed by atoms with Gasteiger partial charge in [-0.15, -0.1) is 0 Å². The largest absolute Gasteiger partial charge is 0.469 e. The van der Waals surface area contributed by atoms with Crippen LogP contribution in [0.15, 0.2) is 41.4 Å². The van der Waals surface area contributed by atoms with E-state index in [1.54, 1.807) is 17.8 Å². The van der Waals surface area contributed by atoms with Crippen molar-refractivity contribution < 1.29 is 17.9 Å². The Labute approximate surface area is 153 Å². The van der Waals surface area contributed by atoms with E-state index in [2.05, 4.69) is 5.10 Å². The highest BCUT2D eigenvalue weighted by Gasteiger charge is 2.34. The maximum atomic E-state index is 13.0. The third-order valence-electron chi connectivity index (χ3n) is 4.69. The molecule has 1 aliphatic rings. The molecule has 2 aromatic rings. The number of hydrogen-bond acceptors (Lipinski definition) is 5. The third kappa shape index (κ3) is 3.81. The van der Waals surface area contributed by atoms with Crippen LogP contribution in [0.3, 0.4) is 0 Å². The van der Waals surface area contributed by atoms with E-state index < -0.39 is 10.0 Å². The predicted octanol–water partition coefficient (Wildman–Crippen LogP) is 1.81. The van der Waals surface area contributed by atoms with Gasteiger partial charge in [-0.3, -0.25) is 9.48 Å². The summed E-state index contributed by atoms with van der Waals surface area (Å²) in [5.41, 5.74) is 1.54. The average Bonchev–Trinajstić information content (AvgIpc) is 3.03. The molecule has 1 saturated heterocycles. The van der Waals surface area contributed by atoms with E-state index in [9.17, 15) is 13.2 Å². The molecule has 1 aromatic heterocycles. The van der Waals surface area contributed by atoms with Crippen LogP contribution in [0.4, 0.5) is 0 Å². The lowest BCUT2D eigenvalue weighted by Gasteiger charge is -2.29. The Kier molecular flexibility index (Phi) is 5.43. The van der Waals surface area contributed by atoms with Crippen LogP contribution in [-0.4, -0.2) is 48.7 Å². The summed E-state index contributed by atoms with van der Waals surface area (Å²) in [5, 5.41) is 4.36. The molecule has 1 fully saturated rings. The Hall–Kier alpha value is -2.19. The summed E-state index contributed by atoms with van der Waals surface area (Å²) < 4.78 is 33.8. The molecule has 0 N–H and O–H groups in total. The molecule has 3 rings (SSSR count). The zero-order valence-electron chi connectivity index (χ0n) is 15.0. The van der Waals surface area contributed by atoms with Gasteiger partial charge in [0.05, 0.1) is 25.3 Å². The first-order chi connectivity index (χ1) is 12.4. The van der Waals surface area contributed by atoms with E-state index in [1.807, 2.05) is 30.3 Å². The molecule has 0 aliphatic carbocycles. The maximum absolute atomic E-state index is 13.0. The molecular weight excluding hydrogens is 354 g/mol. The van der Waals surface area contributed by atoms with E-state index in [1.165, 1.54) is 11.4 Å². The van der Waals surface area contributed by atoms with Crippen LogP contribution in [0.5, 0.6) is 0 Å². The number of carbonyl (C=O) groups excluding carboxylic acids is 1. The number of ether oxygens (including phenoxy) is 1. The molecule has 0 radical (unpaired) electrons. The Morgan fingerprint density at radius 1 is 1.23 bits per heavy atom. The topological polar surface area (TPSA) is 81.5 Å². The summed E-state index contributed by atoms with van der Waals surface area (Å²) in [4.78, 5) is 11.8. The minimum absolute atomic E-state index is 0.227. The van der Waals surface area contributed by atoms with Crippen molar-refractivity contribution in [3.05, 3.63) is 47.8 Å². The molecule has 0 unspecified atom stereocenters. The molecule has 8 heteroatoms. The van der Waals surface area contributed by atoms with Gasteiger partial charge in [0, 0.05) is 19.3 Å². The second kappa shape index (κ2) is 7.59. The highest BCUT2D eigenvalue weighted by Crippen LogP contribution is 2.26. The number of hydrogen-bond donors (Lipinski definition) is 0. The van der Waals surface area contributed by atoms with Gasteiger partial charge in [0.25, 0.3) is 0 Å². The van der Waals surface area contributed by atoms with Crippen molar-refractivity contribution in [1.29, 1.82) is 0 Å². The number of esters is 1. The summed E-state index contributed by atoms with van der Waals surface area (Å²) in [5.74, 6) is -0.498. The lowest BCUT2D eigenvalue weighted by atomic mass is 9.99. The van der Waals surface area contributed by atoms with Gasteiger partial charge in [-0.1, -0.05) is 30.3 Å². The summed E-state index contributed by atoms with van der Waals surface area (Å²) >= 11 is 0. The van der Waals surface area contributed by atoms with Gasteiger partial charge in [0.15, 0.2) is 0 Å². The normalized spacial score (nSPS) is 16.5. The first-order valence-electron chi connectivity index (χ1n) is 8.58. The highest BCUT2D eigenvalue weighted by molar-refractivity contribution is 7.89. The number of methoxy groups -OCH3 is 1. The second-order valence-electron chi connectivity index (χ2n) is 6.46. The number of piperidine rings is 1. The Balaban J connectivity index is 1.75. The van der Waals surface area contributed by atoms with E-state index in [4.69, 9.17) is 4.74 Å². The quantitative estimate of drug-likeness (QED) is 0.743. The van der Waals surface area contributed by atoms with Crippen LogP contribution in [0, 0.1) is 12.8 Å². The number of rotatable bonds is 5. The molecule has 1 aliphatic heterocycles. The SMILES string of the molecule is COC(=O)C1CCN(S(=O)(=O)c2cn(Cc3ccccc3)nc2C)CC1. The molecule has 26 heavy (non-hydrogen) atoms. The Bertz CT molecular complexity index is 869. The zero-order valence-corrected chi connectivity index (χ0v) is 15.8. The minimum atomic E-state index is -3.62. The van der Waals surface area contributed by atoms with Crippen LogP contribution in [0.1, 0.15) is 24.1 Å². The fourth-order valence-corrected chi connectivity index (χ4v) is 4.88. The van der Waals surface area contributed by atoms with Crippen molar-refractivity contribution in [2.45, 2.75) is 31.2 Å². The van der Waals surface area contributed by atoms with E-state index >= 15 is 0 Å². The second-order valence-corrected chi connectivity index (χ2v) is 8.37. The average molecular weight is 377 g/mol. The molecule has 1 aromatic carbocycles. The smallest absolute Gasteiger partial charge is 0.308 e. The van der Waals surface area contributed by atoms with Gasteiger partial charge in [0.2, 0.25) is 10.0 Å². The summed E-state index contributed by atoms with van der Waals surface area (Å²) in [6, 6.07) is 9.76. The minimum Gasteiger partial charge on any atom is -0.469 e. The van der Waals surface area contributed by atoms with E-state index in [0.29, 0.717) is 38.2 Å². The third-order valence-corrected chi connectivity index (χ3v) is 6.70. The fraction of sp³-hybridized carbons (Fsp3) is 0.444. The van der Waals surface area contributed by atoms with Crippen LogP contribution < -0.4 is 0 Å². The molecule has 140 valence electrons. The summed E-state index contributed by atoms with van der Waals surface area (Å²) in [7, 11) is -2.27. The van der Waals surface area contributed by atoms with Crippen LogP contribution in [0.2, 0.25) is 0 Å². The molecule has 7 nitrogen and oxygen atoms in total. The lowest BCUT2D eigenvalue weighted by molar-refractivity contribution is -0.146. The molecular formula is C18H23N3O4S. The van der Waals surface area contributed by atoms with E-state index in [-0.39, 0.29) is 16.8 Å². The van der Waals surface area contributed by atoms with Gasteiger partial charge >= 0.3 is 5.97 Å². The molecule has 0 spiro atoms. The summed E-state index contributed by atoms with van der Waals surface area (Å²) in [6.07, 6.45) is 2.54. The van der Waals surface area contributed by atoms with Crippen molar-refractivity contribution in [3.8, 4) is 0 Å². The molecule has 0 amide bonds. The van der Waals surface area contributed by atoms with Crippen molar-refractivity contribution >= 4 is 16.0 Å². The van der Waals surface area contributed by atoms with Gasteiger partial charge < -0.3 is 4.74 Å². The number of nitrogens with zero attached hydrogens (tertiary/aromatic N) is 3. The molecule has 2 heterocycles. The van der Waals surface area contributed by atoms with Crippen molar-refractivity contribution in [3.63, 3.8) is 0 Å². The first-order valence-corrected chi connectivity index (χ1v) is 10.0. The van der Waals surface area contributed by atoms with Gasteiger partial charge in [-0.05, 0) is 25.3 Å². The van der Waals surface area contributed by atoms with Crippen LogP contribution >= 0.6 is 0 Å². The van der Waals surface area contributed by atoms with Crippen LogP contribution in [-0.2, 0) is 26.1 Å². The maximum Gasteiger partial charge on any atom is 0.308 e. The zero-order chi connectivity index (χ0) is 18.7.